The molecule has 1 atom stereocenters. The van der Waals surface area contributed by atoms with E-state index in [1.165, 1.54) is 0 Å². The van der Waals surface area contributed by atoms with Gasteiger partial charge in [0.2, 0.25) is 0 Å². The van der Waals surface area contributed by atoms with Gasteiger partial charge in [-0.25, -0.2) is 0 Å². The molecule has 2 nitrogen and oxygen atoms in total. The van der Waals surface area contributed by atoms with Crippen molar-refractivity contribution in [2.24, 2.45) is 0 Å². The molecular weight excluding hydrogens is 176 g/mol. The van der Waals surface area contributed by atoms with Crippen LogP contribution in [0, 0.1) is 0 Å². The molecule has 1 unspecified atom stereocenters. The summed E-state index contributed by atoms with van der Waals surface area (Å²) in [5.74, 6) is 0.880. The van der Waals surface area contributed by atoms with Gasteiger partial charge in [-0.1, -0.05) is 25.1 Å². The fourth-order valence-electron chi connectivity index (χ4n) is 1.29. The maximum Gasteiger partial charge on any atom is 0.120 e. The van der Waals surface area contributed by atoms with Crippen LogP contribution in [0.5, 0.6) is 5.75 Å². The molecule has 0 saturated heterocycles. The first-order chi connectivity index (χ1) is 6.86. The quantitative estimate of drug-likeness (QED) is 0.648. The zero-order valence-electron chi connectivity index (χ0n) is 8.48. The van der Waals surface area contributed by atoms with Crippen LogP contribution in [0.3, 0.4) is 0 Å². The van der Waals surface area contributed by atoms with Crippen LogP contribution in [0.15, 0.2) is 30.3 Å². The first-order valence-electron chi connectivity index (χ1n) is 5.02. The highest BCUT2D eigenvalue weighted by atomic mass is 16.5. The summed E-state index contributed by atoms with van der Waals surface area (Å²) >= 11 is 0. The highest BCUT2D eigenvalue weighted by Gasteiger charge is 2.06. The van der Waals surface area contributed by atoms with E-state index in [1.54, 1.807) is 0 Å². The van der Waals surface area contributed by atoms with Gasteiger partial charge in [0.1, 0.15) is 12.0 Å². The van der Waals surface area contributed by atoms with Crippen LogP contribution in [0.2, 0.25) is 0 Å². The van der Waals surface area contributed by atoms with Crippen molar-refractivity contribution in [1.29, 1.82) is 0 Å². The van der Waals surface area contributed by atoms with Crippen molar-refractivity contribution in [2.45, 2.75) is 32.3 Å². The minimum atomic E-state index is 0.155. The van der Waals surface area contributed by atoms with Crippen LogP contribution in [0.4, 0.5) is 0 Å². The van der Waals surface area contributed by atoms with Gasteiger partial charge in [-0.05, 0) is 25.0 Å². The molecule has 2 heteroatoms. The zero-order chi connectivity index (χ0) is 10.2. The van der Waals surface area contributed by atoms with Gasteiger partial charge >= 0.3 is 0 Å². The van der Waals surface area contributed by atoms with E-state index < -0.39 is 0 Å². The summed E-state index contributed by atoms with van der Waals surface area (Å²) in [6.07, 6.45) is 3.41. The minimum Gasteiger partial charge on any atom is -0.490 e. The van der Waals surface area contributed by atoms with Crippen molar-refractivity contribution in [3.8, 4) is 5.75 Å². The molecular formula is C12H16O2. The van der Waals surface area contributed by atoms with E-state index >= 15 is 0 Å². The summed E-state index contributed by atoms with van der Waals surface area (Å²) in [5, 5.41) is 0. The molecule has 76 valence electrons. The summed E-state index contributed by atoms with van der Waals surface area (Å²) < 4.78 is 5.71. The summed E-state index contributed by atoms with van der Waals surface area (Å²) in [6.45, 7) is 2.07. The van der Waals surface area contributed by atoms with E-state index in [0.29, 0.717) is 6.42 Å². The Morgan fingerprint density at radius 2 is 2.07 bits per heavy atom. The van der Waals surface area contributed by atoms with E-state index in [9.17, 15) is 4.79 Å². The molecule has 1 aromatic rings. The number of para-hydroxylation sites is 1. The second kappa shape index (κ2) is 6.19. The van der Waals surface area contributed by atoms with Gasteiger partial charge in [0.25, 0.3) is 0 Å². The van der Waals surface area contributed by atoms with E-state index in [2.05, 4.69) is 6.92 Å². The number of aldehydes is 1. The molecule has 14 heavy (non-hydrogen) atoms. The Balaban J connectivity index is 2.44. The van der Waals surface area contributed by atoms with Crippen molar-refractivity contribution in [1.82, 2.24) is 0 Å². The van der Waals surface area contributed by atoms with E-state index in [1.807, 2.05) is 30.3 Å². The summed E-state index contributed by atoms with van der Waals surface area (Å²) in [4.78, 5) is 10.2. The Morgan fingerprint density at radius 3 is 2.64 bits per heavy atom. The lowest BCUT2D eigenvalue weighted by Gasteiger charge is -2.16. The molecule has 0 aromatic heterocycles. The van der Waals surface area contributed by atoms with Gasteiger partial charge in [0.05, 0.1) is 6.10 Å². The Labute approximate surface area is 84.9 Å². The van der Waals surface area contributed by atoms with E-state index in [0.717, 1.165) is 24.9 Å². The highest BCUT2D eigenvalue weighted by molar-refractivity contribution is 5.49. The third-order valence-corrected chi connectivity index (χ3v) is 2.11. The second-order valence-electron chi connectivity index (χ2n) is 3.21. The third kappa shape index (κ3) is 3.60. The Hall–Kier alpha value is -1.31. The van der Waals surface area contributed by atoms with Crippen LogP contribution in [0.25, 0.3) is 0 Å². The largest absolute Gasteiger partial charge is 0.490 e. The number of hydrogen-bond acceptors (Lipinski definition) is 2. The first-order valence-corrected chi connectivity index (χ1v) is 5.02. The maximum absolute atomic E-state index is 10.2. The molecule has 0 aliphatic heterocycles. The van der Waals surface area contributed by atoms with Gasteiger partial charge in [-0.3, -0.25) is 0 Å². The van der Waals surface area contributed by atoms with Gasteiger partial charge in [0, 0.05) is 6.42 Å². The molecule has 1 aromatic carbocycles. The van der Waals surface area contributed by atoms with Crippen LogP contribution in [0.1, 0.15) is 26.2 Å². The predicted molar refractivity (Wildman–Crippen MR) is 56.4 cm³/mol. The third-order valence-electron chi connectivity index (χ3n) is 2.11. The van der Waals surface area contributed by atoms with Crippen molar-refractivity contribution in [3.63, 3.8) is 0 Å². The smallest absolute Gasteiger partial charge is 0.120 e. The number of ether oxygens (including phenoxy) is 1. The van der Waals surface area contributed by atoms with Crippen molar-refractivity contribution >= 4 is 6.29 Å². The lowest BCUT2D eigenvalue weighted by atomic mass is 10.1. The average molecular weight is 192 g/mol. The van der Waals surface area contributed by atoms with Crippen LogP contribution in [-0.4, -0.2) is 12.4 Å². The van der Waals surface area contributed by atoms with Crippen LogP contribution < -0.4 is 4.74 Å². The van der Waals surface area contributed by atoms with Crippen molar-refractivity contribution in [2.75, 3.05) is 0 Å². The van der Waals surface area contributed by atoms with Crippen molar-refractivity contribution < 1.29 is 9.53 Å². The van der Waals surface area contributed by atoms with E-state index in [-0.39, 0.29) is 6.10 Å². The number of benzene rings is 1. The number of carbonyl (C=O) groups is 1. The molecule has 0 heterocycles. The van der Waals surface area contributed by atoms with E-state index in [4.69, 9.17) is 4.74 Å². The van der Waals surface area contributed by atoms with Gasteiger partial charge in [0.15, 0.2) is 0 Å². The Bertz CT molecular complexity index is 256. The number of carbonyl (C=O) groups excluding carboxylic acids is 1. The molecule has 0 saturated carbocycles. The molecule has 0 aliphatic rings. The van der Waals surface area contributed by atoms with Crippen LogP contribution >= 0.6 is 0 Å². The van der Waals surface area contributed by atoms with Gasteiger partial charge < -0.3 is 9.53 Å². The Kier molecular flexibility index (Phi) is 4.76. The zero-order valence-corrected chi connectivity index (χ0v) is 8.48. The molecule has 0 spiro atoms. The summed E-state index contributed by atoms with van der Waals surface area (Å²) in [5.41, 5.74) is 0. The molecule has 0 radical (unpaired) electrons. The molecule has 0 bridgehead atoms. The SMILES string of the molecule is CCC(CCC=O)Oc1ccccc1. The fraction of sp³-hybridized carbons (Fsp3) is 0.417. The summed E-state index contributed by atoms with van der Waals surface area (Å²) in [6, 6.07) is 9.72. The van der Waals surface area contributed by atoms with Gasteiger partial charge in [-0.2, -0.15) is 0 Å². The van der Waals surface area contributed by atoms with Gasteiger partial charge in [-0.15, -0.1) is 0 Å². The lowest BCUT2D eigenvalue weighted by Crippen LogP contribution is -2.15. The topological polar surface area (TPSA) is 26.3 Å². The first kappa shape index (κ1) is 10.8. The molecule has 0 amide bonds. The highest BCUT2D eigenvalue weighted by Crippen LogP contribution is 2.14. The Morgan fingerprint density at radius 1 is 1.36 bits per heavy atom. The fourth-order valence-corrected chi connectivity index (χ4v) is 1.29. The van der Waals surface area contributed by atoms with Crippen molar-refractivity contribution in [3.05, 3.63) is 30.3 Å². The van der Waals surface area contributed by atoms with Crippen LogP contribution in [-0.2, 0) is 4.79 Å². The molecule has 1 rings (SSSR count). The second-order valence-corrected chi connectivity index (χ2v) is 3.21. The summed E-state index contributed by atoms with van der Waals surface area (Å²) in [7, 11) is 0. The normalized spacial score (nSPS) is 12.1. The monoisotopic (exact) mass is 192 g/mol. The predicted octanol–water partition coefficient (Wildman–Crippen LogP) is 2.82. The molecule has 0 N–H and O–H groups in total. The lowest BCUT2D eigenvalue weighted by molar-refractivity contribution is -0.108. The average Bonchev–Trinajstić information content (AvgIpc) is 2.25. The standard InChI is InChI=1S/C12H16O2/c1-2-11(9-6-10-13)14-12-7-4-3-5-8-12/h3-5,7-8,10-11H,2,6,9H2,1H3. The maximum atomic E-state index is 10.2. The molecule has 0 aliphatic carbocycles. The molecule has 0 fully saturated rings. The number of hydrogen-bond donors (Lipinski definition) is 0. The number of rotatable bonds is 6. The minimum absolute atomic E-state index is 0.155.